The van der Waals surface area contributed by atoms with Crippen LogP contribution in [0.3, 0.4) is 0 Å². The molecule has 0 aliphatic carbocycles. The summed E-state index contributed by atoms with van der Waals surface area (Å²) in [4.78, 5) is 29.9. The Labute approximate surface area is 172 Å². The number of hydrogen-bond donors (Lipinski definition) is 0. The molecule has 2 aliphatic rings. The Hall–Kier alpha value is -3.54. The number of carbonyl (C=O) groups is 2. The Bertz CT molecular complexity index is 1170. The van der Waals surface area contributed by atoms with Gasteiger partial charge >= 0.3 is 0 Å². The smallest absolute Gasteiger partial charge is 0.256 e. The number of hydrogen-bond acceptors (Lipinski definition) is 2. The van der Waals surface area contributed by atoms with Crippen LogP contribution in [-0.4, -0.2) is 34.7 Å². The Morgan fingerprint density at radius 3 is 2.30 bits per heavy atom. The minimum absolute atomic E-state index is 0.0855. The number of benzene rings is 3. The summed E-state index contributed by atoms with van der Waals surface area (Å²) in [6.07, 6.45) is 0. The maximum atomic E-state index is 13.8. The van der Waals surface area contributed by atoms with Gasteiger partial charge in [0.2, 0.25) is 0 Å². The molecule has 0 aromatic heterocycles. The maximum absolute atomic E-state index is 13.8. The molecule has 4 nitrogen and oxygen atoms in total. The fourth-order valence-electron chi connectivity index (χ4n) is 4.66. The van der Waals surface area contributed by atoms with Crippen LogP contribution in [0.5, 0.6) is 0 Å². The quantitative estimate of drug-likeness (QED) is 0.646. The zero-order valence-electron chi connectivity index (χ0n) is 16.2. The number of nitrogens with zero attached hydrogens (tertiary/aromatic N) is 2. The molecule has 3 aromatic rings. The van der Waals surface area contributed by atoms with Gasteiger partial charge in [0, 0.05) is 41.4 Å². The van der Waals surface area contributed by atoms with Gasteiger partial charge in [-0.05, 0) is 25.1 Å². The summed E-state index contributed by atoms with van der Waals surface area (Å²) in [7, 11) is 0. The van der Waals surface area contributed by atoms with Crippen LogP contribution < -0.4 is 0 Å². The summed E-state index contributed by atoms with van der Waals surface area (Å²) in [6, 6.07) is 17.6. The van der Waals surface area contributed by atoms with E-state index in [1.165, 1.54) is 0 Å². The molecule has 1 fully saturated rings. The fraction of sp³-hybridized carbons (Fsp3) is 0.167. The third-order valence-electron chi connectivity index (χ3n) is 5.92. The minimum atomic E-state index is -1.15. The van der Waals surface area contributed by atoms with E-state index in [2.05, 4.69) is 0 Å². The van der Waals surface area contributed by atoms with Crippen LogP contribution in [0.4, 0.5) is 8.78 Å². The van der Waals surface area contributed by atoms with Crippen molar-refractivity contribution in [2.24, 2.45) is 0 Å². The van der Waals surface area contributed by atoms with Crippen molar-refractivity contribution < 1.29 is 18.4 Å². The highest BCUT2D eigenvalue weighted by Crippen LogP contribution is 2.50. The second kappa shape index (κ2) is 6.49. The Morgan fingerprint density at radius 2 is 1.60 bits per heavy atom. The molecule has 3 aromatic carbocycles. The summed E-state index contributed by atoms with van der Waals surface area (Å²) in [6.45, 7) is 2.54. The molecule has 0 bridgehead atoms. The van der Waals surface area contributed by atoms with Crippen molar-refractivity contribution >= 4 is 11.8 Å². The van der Waals surface area contributed by atoms with Crippen molar-refractivity contribution in [3.63, 3.8) is 0 Å². The molecule has 0 radical (unpaired) electrons. The van der Waals surface area contributed by atoms with Gasteiger partial charge in [-0.1, -0.05) is 48.0 Å². The molecule has 150 valence electrons. The van der Waals surface area contributed by atoms with E-state index in [1.54, 1.807) is 21.9 Å². The van der Waals surface area contributed by atoms with Gasteiger partial charge in [0.05, 0.1) is 0 Å². The van der Waals surface area contributed by atoms with E-state index in [9.17, 15) is 18.4 Å². The molecule has 1 atom stereocenters. The van der Waals surface area contributed by atoms with Gasteiger partial charge < -0.3 is 9.80 Å². The van der Waals surface area contributed by atoms with E-state index in [0.717, 1.165) is 29.3 Å². The van der Waals surface area contributed by atoms with E-state index < -0.39 is 23.2 Å². The molecular formula is C24H18F2N2O2. The maximum Gasteiger partial charge on any atom is 0.256 e. The van der Waals surface area contributed by atoms with E-state index in [1.807, 2.05) is 43.3 Å². The van der Waals surface area contributed by atoms with Gasteiger partial charge in [0.15, 0.2) is 5.66 Å². The van der Waals surface area contributed by atoms with E-state index in [4.69, 9.17) is 0 Å². The molecule has 1 unspecified atom stereocenters. The first-order chi connectivity index (χ1) is 14.4. The van der Waals surface area contributed by atoms with Crippen LogP contribution in [0.1, 0.15) is 37.4 Å². The zero-order valence-corrected chi connectivity index (χ0v) is 16.2. The molecule has 5 rings (SSSR count). The van der Waals surface area contributed by atoms with Gasteiger partial charge in [0.1, 0.15) is 11.6 Å². The third-order valence-corrected chi connectivity index (χ3v) is 5.92. The van der Waals surface area contributed by atoms with Crippen LogP contribution in [0, 0.1) is 18.6 Å². The number of rotatable bonds is 2. The predicted molar refractivity (Wildman–Crippen MR) is 107 cm³/mol. The fourth-order valence-corrected chi connectivity index (χ4v) is 4.66. The van der Waals surface area contributed by atoms with Gasteiger partial charge in [0.25, 0.3) is 11.8 Å². The third kappa shape index (κ3) is 2.43. The van der Waals surface area contributed by atoms with Crippen LogP contribution >= 0.6 is 0 Å². The van der Waals surface area contributed by atoms with Crippen molar-refractivity contribution in [3.05, 3.63) is 106 Å². The van der Waals surface area contributed by atoms with Crippen molar-refractivity contribution in [2.45, 2.75) is 12.6 Å². The van der Waals surface area contributed by atoms with Gasteiger partial charge in [-0.25, -0.2) is 8.78 Å². The second-order valence-corrected chi connectivity index (χ2v) is 7.66. The number of halogens is 2. The van der Waals surface area contributed by atoms with Gasteiger partial charge in [-0.15, -0.1) is 0 Å². The molecule has 0 saturated carbocycles. The first-order valence-electron chi connectivity index (χ1n) is 9.69. The van der Waals surface area contributed by atoms with Crippen molar-refractivity contribution in [1.82, 2.24) is 9.80 Å². The summed E-state index contributed by atoms with van der Waals surface area (Å²) in [5.74, 6) is -2.32. The molecule has 30 heavy (non-hydrogen) atoms. The normalized spacial score (nSPS) is 19.8. The summed E-state index contributed by atoms with van der Waals surface area (Å²) >= 11 is 0. The van der Waals surface area contributed by atoms with Crippen LogP contribution in [-0.2, 0) is 5.66 Å². The van der Waals surface area contributed by atoms with Crippen molar-refractivity contribution in [2.75, 3.05) is 13.1 Å². The van der Waals surface area contributed by atoms with E-state index in [-0.39, 0.29) is 18.0 Å². The van der Waals surface area contributed by atoms with Gasteiger partial charge in [-0.2, -0.15) is 0 Å². The first-order valence-corrected chi connectivity index (χ1v) is 9.69. The Kier molecular flexibility index (Phi) is 4.00. The number of aryl methyl sites for hydroxylation is 1. The summed E-state index contributed by atoms with van der Waals surface area (Å²) in [5.41, 5.74) is 1.79. The van der Waals surface area contributed by atoms with E-state index in [0.29, 0.717) is 17.7 Å². The molecule has 2 amide bonds. The largest absolute Gasteiger partial charge is 0.306 e. The molecular weight excluding hydrogens is 386 g/mol. The molecule has 2 heterocycles. The highest BCUT2D eigenvalue weighted by Gasteiger charge is 2.59. The topological polar surface area (TPSA) is 40.6 Å². The van der Waals surface area contributed by atoms with E-state index >= 15 is 0 Å². The Morgan fingerprint density at radius 1 is 0.933 bits per heavy atom. The summed E-state index contributed by atoms with van der Waals surface area (Å²) in [5, 5.41) is 0. The molecule has 0 N–H and O–H groups in total. The van der Waals surface area contributed by atoms with Crippen LogP contribution in [0.15, 0.2) is 66.7 Å². The summed E-state index contributed by atoms with van der Waals surface area (Å²) < 4.78 is 27.7. The van der Waals surface area contributed by atoms with Crippen LogP contribution in [0.25, 0.3) is 0 Å². The lowest BCUT2D eigenvalue weighted by Gasteiger charge is -2.40. The first kappa shape index (κ1) is 18.5. The molecule has 1 saturated heterocycles. The lowest BCUT2D eigenvalue weighted by Crippen LogP contribution is -2.51. The SMILES string of the molecule is Cc1ccc(C23c4ccccc4C(=O)N2CCN3C(=O)c2cc(F)cc(F)c2)cc1. The highest BCUT2D eigenvalue weighted by molar-refractivity contribution is 6.03. The van der Waals surface area contributed by atoms with Crippen molar-refractivity contribution in [3.8, 4) is 0 Å². The lowest BCUT2D eigenvalue weighted by molar-refractivity contribution is 0.0374. The molecule has 0 spiro atoms. The molecule has 2 aliphatic heterocycles. The minimum Gasteiger partial charge on any atom is -0.306 e. The second-order valence-electron chi connectivity index (χ2n) is 7.66. The predicted octanol–water partition coefficient (Wildman–Crippen LogP) is 4.09. The van der Waals surface area contributed by atoms with Crippen LogP contribution in [0.2, 0.25) is 0 Å². The number of carbonyl (C=O) groups excluding carboxylic acids is 2. The monoisotopic (exact) mass is 404 g/mol. The number of amides is 2. The average Bonchev–Trinajstić information content (AvgIpc) is 3.23. The highest BCUT2D eigenvalue weighted by atomic mass is 19.1. The zero-order chi connectivity index (χ0) is 21.0. The lowest BCUT2D eigenvalue weighted by atomic mass is 9.89. The van der Waals surface area contributed by atoms with Gasteiger partial charge in [-0.3, -0.25) is 9.59 Å². The molecule has 6 heteroatoms. The Balaban J connectivity index is 1.75. The standard InChI is InChI=1S/C24H18F2N2O2/c1-15-6-8-17(9-7-15)24-21-5-3-2-4-20(21)23(30)28(24)11-10-27(24)22(29)16-12-18(25)14-19(26)13-16/h2-9,12-14H,10-11H2,1H3. The number of fused-ring (bicyclic) bond motifs is 3. The van der Waals surface area contributed by atoms with Crippen molar-refractivity contribution in [1.29, 1.82) is 0 Å². The average molecular weight is 404 g/mol.